The number of carbonyl (C=O) groups excluding carboxylic acids is 1. The smallest absolute Gasteiger partial charge is 0.323 e. The number of nitrogens with one attached hydrogen (secondary N) is 2. The van der Waals surface area contributed by atoms with E-state index in [4.69, 9.17) is 4.42 Å². The molecule has 3 aromatic rings. The van der Waals surface area contributed by atoms with Gasteiger partial charge in [-0.3, -0.25) is 0 Å². The fourth-order valence-electron chi connectivity index (χ4n) is 3.21. The zero-order valence-corrected chi connectivity index (χ0v) is 13.7. The van der Waals surface area contributed by atoms with E-state index in [9.17, 15) is 4.79 Å². The Morgan fingerprint density at radius 1 is 1.04 bits per heavy atom. The molecule has 2 N–H and O–H groups in total. The van der Waals surface area contributed by atoms with Gasteiger partial charge >= 0.3 is 6.03 Å². The van der Waals surface area contributed by atoms with Crippen molar-refractivity contribution in [3.05, 3.63) is 60.0 Å². The number of urea groups is 1. The van der Waals surface area contributed by atoms with Gasteiger partial charge in [0.15, 0.2) is 0 Å². The first-order chi connectivity index (χ1) is 12.3. The van der Waals surface area contributed by atoms with Crippen LogP contribution in [0.15, 0.2) is 53.3 Å². The largest absolute Gasteiger partial charge is 0.423 e. The fraction of sp³-hybridized carbons (Fsp3) is 0.211. The van der Waals surface area contributed by atoms with Crippen LogP contribution in [0.25, 0.3) is 11.5 Å². The number of aromatic nitrogens is 2. The van der Waals surface area contributed by atoms with Crippen LogP contribution in [-0.4, -0.2) is 16.2 Å². The maximum Gasteiger partial charge on any atom is 0.323 e. The number of fused-ring (bicyclic) bond motifs is 1. The van der Waals surface area contributed by atoms with E-state index in [2.05, 4.69) is 26.9 Å². The molecular weight excluding hydrogens is 316 g/mol. The maximum absolute atomic E-state index is 12.4. The van der Waals surface area contributed by atoms with Crippen LogP contribution in [0.5, 0.6) is 0 Å². The number of rotatable bonds is 3. The molecule has 1 aromatic heterocycles. The Morgan fingerprint density at radius 3 is 2.80 bits per heavy atom. The van der Waals surface area contributed by atoms with Gasteiger partial charge in [-0.2, -0.15) is 0 Å². The molecule has 0 radical (unpaired) electrons. The molecule has 0 saturated heterocycles. The van der Waals surface area contributed by atoms with Crippen molar-refractivity contribution in [2.45, 2.75) is 25.7 Å². The van der Waals surface area contributed by atoms with E-state index in [-0.39, 0.29) is 6.03 Å². The van der Waals surface area contributed by atoms with Gasteiger partial charge in [0, 0.05) is 16.9 Å². The lowest BCUT2D eigenvalue weighted by atomic mass is 9.90. The van der Waals surface area contributed by atoms with Gasteiger partial charge in [-0.1, -0.05) is 18.2 Å². The topological polar surface area (TPSA) is 80.1 Å². The molecule has 2 aromatic carbocycles. The minimum atomic E-state index is -0.262. The number of aryl methyl sites for hydroxylation is 1. The molecule has 1 aliphatic carbocycles. The normalized spacial score (nSPS) is 13.1. The third kappa shape index (κ3) is 3.38. The second-order valence-electron chi connectivity index (χ2n) is 6.05. The molecule has 0 atom stereocenters. The van der Waals surface area contributed by atoms with E-state index in [1.54, 1.807) is 6.07 Å². The van der Waals surface area contributed by atoms with Crippen LogP contribution < -0.4 is 10.6 Å². The van der Waals surface area contributed by atoms with Crippen molar-refractivity contribution in [1.82, 2.24) is 10.2 Å². The summed E-state index contributed by atoms with van der Waals surface area (Å²) in [6, 6.07) is 13.1. The van der Waals surface area contributed by atoms with E-state index >= 15 is 0 Å². The molecule has 0 saturated carbocycles. The minimum absolute atomic E-state index is 0.262. The van der Waals surface area contributed by atoms with Crippen LogP contribution in [0.2, 0.25) is 0 Å². The van der Waals surface area contributed by atoms with Crippen LogP contribution in [0.3, 0.4) is 0 Å². The SMILES string of the molecule is O=C(Nc1cccc(-c2nnco2)c1)Nc1cccc2c1CCCC2. The molecule has 0 bridgehead atoms. The Balaban J connectivity index is 1.49. The van der Waals surface area contributed by atoms with Gasteiger partial charge in [0.05, 0.1) is 0 Å². The first kappa shape index (κ1) is 15.4. The van der Waals surface area contributed by atoms with Gasteiger partial charge in [-0.25, -0.2) is 4.79 Å². The molecule has 126 valence electrons. The van der Waals surface area contributed by atoms with Crippen molar-refractivity contribution < 1.29 is 9.21 Å². The molecule has 0 fully saturated rings. The zero-order chi connectivity index (χ0) is 17.1. The van der Waals surface area contributed by atoms with Gasteiger partial charge < -0.3 is 15.1 Å². The molecule has 4 rings (SSSR count). The van der Waals surface area contributed by atoms with E-state index < -0.39 is 0 Å². The van der Waals surface area contributed by atoms with Crippen molar-refractivity contribution in [1.29, 1.82) is 0 Å². The summed E-state index contributed by atoms with van der Waals surface area (Å²) in [5, 5.41) is 13.4. The Hall–Kier alpha value is -3.15. The van der Waals surface area contributed by atoms with Gasteiger partial charge in [-0.15, -0.1) is 10.2 Å². The first-order valence-electron chi connectivity index (χ1n) is 8.35. The lowest BCUT2D eigenvalue weighted by molar-refractivity contribution is 0.262. The average Bonchev–Trinajstić information content (AvgIpc) is 3.17. The van der Waals surface area contributed by atoms with Crippen LogP contribution in [0.4, 0.5) is 16.2 Å². The van der Waals surface area contributed by atoms with Gasteiger partial charge in [0.2, 0.25) is 12.3 Å². The van der Waals surface area contributed by atoms with Crippen molar-refractivity contribution in [2.75, 3.05) is 10.6 Å². The molecule has 0 aliphatic heterocycles. The van der Waals surface area contributed by atoms with Crippen LogP contribution in [-0.2, 0) is 12.8 Å². The quantitative estimate of drug-likeness (QED) is 0.750. The number of anilines is 2. The highest BCUT2D eigenvalue weighted by Crippen LogP contribution is 2.28. The number of hydrogen-bond acceptors (Lipinski definition) is 4. The molecule has 1 heterocycles. The third-order valence-electron chi connectivity index (χ3n) is 4.37. The van der Waals surface area contributed by atoms with Crippen LogP contribution >= 0.6 is 0 Å². The summed E-state index contributed by atoms with van der Waals surface area (Å²) in [5.41, 5.74) is 4.90. The lowest BCUT2D eigenvalue weighted by Crippen LogP contribution is -2.21. The molecule has 2 amide bonds. The Bertz CT molecular complexity index is 890. The molecule has 0 spiro atoms. The molecular formula is C19H18N4O2. The Morgan fingerprint density at radius 2 is 1.92 bits per heavy atom. The zero-order valence-electron chi connectivity index (χ0n) is 13.7. The summed E-state index contributed by atoms with van der Waals surface area (Å²) >= 11 is 0. The van der Waals surface area contributed by atoms with Crippen molar-refractivity contribution in [2.24, 2.45) is 0 Å². The highest BCUT2D eigenvalue weighted by molar-refractivity contribution is 6.00. The van der Waals surface area contributed by atoms with Crippen molar-refractivity contribution in [3.8, 4) is 11.5 Å². The number of carbonyl (C=O) groups is 1. The van der Waals surface area contributed by atoms with E-state index in [1.165, 1.54) is 30.4 Å². The molecule has 25 heavy (non-hydrogen) atoms. The number of benzene rings is 2. The van der Waals surface area contributed by atoms with Gasteiger partial charge in [0.25, 0.3) is 0 Å². The van der Waals surface area contributed by atoms with E-state index in [0.717, 1.165) is 24.1 Å². The second kappa shape index (κ2) is 6.76. The standard InChI is InChI=1S/C19H18N4O2/c24-19(22-17-10-4-6-13-5-1-2-9-16(13)17)21-15-8-3-7-14(11-15)18-23-20-12-25-18/h3-4,6-8,10-12H,1-2,5,9H2,(H2,21,22,24). The van der Waals surface area contributed by atoms with E-state index in [0.29, 0.717) is 11.6 Å². The summed E-state index contributed by atoms with van der Waals surface area (Å²) in [4.78, 5) is 12.4. The van der Waals surface area contributed by atoms with Gasteiger partial charge in [-0.05, 0) is 61.1 Å². The lowest BCUT2D eigenvalue weighted by Gasteiger charge is -2.19. The van der Waals surface area contributed by atoms with E-state index in [1.807, 2.05) is 30.3 Å². The molecule has 1 aliphatic rings. The fourth-order valence-corrected chi connectivity index (χ4v) is 3.21. The summed E-state index contributed by atoms with van der Waals surface area (Å²) in [5.74, 6) is 0.418. The second-order valence-corrected chi connectivity index (χ2v) is 6.05. The molecule has 6 heteroatoms. The Kier molecular flexibility index (Phi) is 4.16. The highest BCUT2D eigenvalue weighted by Gasteiger charge is 2.14. The monoisotopic (exact) mass is 334 g/mol. The van der Waals surface area contributed by atoms with Gasteiger partial charge in [0.1, 0.15) is 0 Å². The predicted octanol–water partition coefficient (Wildman–Crippen LogP) is 4.26. The third-order valence-corrected chi connectivity index (χ3v) is 4.37. The highest BCUT2D eigenvalue weighted by atomic mass is 16.4. The van der Waals surface area contributed by atoms with Crippen LogP contribution in [0.1, 0.15) is 24.0 Å². The predicted molar refractivity (Wildman–Crippen MR) is 95.5 cm³/mol. The summed E-state index contributed by atoms with van der Waals surface area (Å²) in [6.07, 6.45) is 5.75. The number of hydrogen-bond donors (Lipinski definition) is 2. The van der Waals surface area contributed by atoms with Crippen molar-refractivity contribution in [3.63, 3.8) is 0 Å². The summed E-state index contributed by atoms with van der Waals surface area (Å²) < 4.78 is 5.19. The van der Waals surface area contributed by atoms with Crippen LogP contribution in [0, 0.1) is 0 Å². The molecule has 0 unspecified atom stereocenters. The first-order valence-corrected chi connectivity index (χ1v) is 8.35. The number of amides is 2. The van der Waals surface area contributed by atoms with Crippen molar-refractivity contribution >= 4 is 17.4 Å². The average molecular weight is 334 g/mol. The maximum atomic E-state index is 12.4. The minimum Gasteiger partial charge on any atom is -0.423 e. The number of nitrogens with zero attached hydrogens (tertiary/aromatic N) is 2. The molecule has 6 nitrogen and oxygen atoms in total. The Labute approximate surface area is 145 Å². The summed E-state index contributed by atoms with van der Waals surface area (Å²) in [7, 11) is 0. The summed E-state index contributed by atoms with van der Waals surface area (Å²) in [6.45, 7) is 0.